The highest BCUT2D eigenvalue weighted by Crippen LogP contribution is 2.19. The third-order valence-electron chi connectivity index (χ3n) is 2.87. The molecule has 3 nitrogen and oxygen atoms in total. The molecule has 0 unspecified atom stereocenters. The largest absolute Gasteiger partial charge is 0.310 e. The number of nitrogens with zero attached hydrogens (tertiary/aromatic N) is 2. The van der Waals surface area contributed by atoms with Gasteiger partial charge < -0.3 is 9.88 Å². The molecule has 4 heteroatoms. The van der Waals surface area contributed by atoms with E-state index in [1.807, 2.05) is 37.6 Å². The number of halogens is 1. The van der Waals surface area contributed by atoms with Crippen molar-refractivity contribution in [2.24, 2.45) is 0 Å². The van der Waals surface area contributed by atoms with Crippen molar-refractivity contribution in [3.63, 3.8) is 0 Å². The van der Waals surface area contributed by atoms with E-state index in [-0.39, 0.29) is 5.82 Å². The quantitative estimate of drug-likeness (QED) is 0.900. The number of nitrogens with one attached hydrogen (secondary N) is 1. The SMILES string of the molecule is Cc1nccn1-c1cccc(F)c1CNC(C)C. The molecule has 0 saturated carbocycles. The molecule has 1 heterocycles. The lowest BCUT2D eigenvalue weighted by Gasteiger charge is -2.15. The topological polar surface area (TPSA) is 29.9 Å². The van der Waals surface area contributed by atoms with Crippen molar-refractivity contribution >= 4 is 0 Å². The Morgan fingerprint density at radius 1 is 1.39 bits per heavy atom. The van der Waals surface area contributed by atoms with Crippen LogP contribution in [0.2, 0.25) is 0 Å². The van der Waals surface area contributed by atoms with Crippen LogP contribution in [0, 0.1) is 12.7 Å². The molecule has 1 aromatic carbocycles. The highest BCUT2D eigenvalue weighted by atomic mass is 19.1. The highest BCUT2D eigenvalue weighted by Gasteiger charge is 2.11. The molecule has 0 bridgehead atoms. The number of aromatic nitrogens is 2. The normalized spacial score (nSPS) is 11.2. The fourth-order valence-electron chi connectivity index (χ4n) is 1.89. The number of hydrogen-bond acceptors (Lipinski definition) is 2. The van der Waals surface area contributed by atoms with E-state index >= 15 is 0 Å². The lowest BCUT2D eigenvalue weighted by molar-refractivity contribution is 0.551. The second kappa shape index (κ2) is 5.31. The standard InChI is InChI=1S/C14H18FN3/c1-10(2)17-9-12-13(15)5-4-6-14(12)18-8-7-16-11(18)3/h4-8,10,17H,9H2,1-3H3. The van der Waals surface area contributed by atoms with Gasteiger partial charge >= 0.3 is 0 Å². The average molecular weight is 247 g/mol. The fraction of sp³-hybridized carbons (Fsp3) is 0.357. The van der Waals surface area contributed by atoms with Gasteiger partial charge in [-0.15, -0.1) is 0 Å². The second-order valence-electron chi connectivity index (χ2n) is 4.62. The van der Waals surface area contributed by atoms with E-state index in [0.29, 0.717) is 18.2 Å². The smallest absolute Gasteiger partial charge is 0.129 e. The third kappa shape index (κ3) is 2.59. The molecule has 0 aliphatic rings. The summed E-state index contributed by atoms with van der Waals surface area (Å²) in [6.45, 7) is 6.51. The predicted octanol–water partition coefficient (Wildman–Crippen LogP) is 2.82. The maximum atomic E-state index is 14.0. The van der Waals surface area contributed by atoms with Gasteiger partial charge in [0.15, 0.2) is 0 Å². The summed E-state index contributed by atoms with van der Waals surface area (Å²) in [6.07, 6.45) is 3.57. The zero-order valence-electron chi connectivity index (χ0n) is 10.9. The average Bonchev–Trinajstić information content (AvgIpc) is 2.73. The van der Waals surface area contributed by atoms with Gasteiger partial charge in [-0.25, -0.2) is 9.37 Å². The van der Waals surface area contributed by atoms with E-state index in [1.54, 1.807) is 12.3 Å². The van der Waals surface area contributed by atoms with Crippen molar-refractivity contribution in [2.75, 3.05) is 0 Å². The van der Waals surface area contributed by atoms with Crippen LogP contribution in [-0.2, 0) is 6.54 Å². The molecule has 0 fully saturated rings. The number of hydrogen-bond donors (Lipinski definition) is 1. The van der Waals surface area contributed by atoms with Crippen LogP contribution in [0.3, 0.4) is 0 Å². The molecule has 2 rings (SSSR count). The summed E-state index contributed by atoms with van der Waals surface area (Å²) in [6, 6.07) is 5.45. The van der Waals surface area contributed by atoms with E-state index in [2.05, 4.69) is 10.3 Å². The Labute approximate surface area is 107 Å². The summed E-state index contributed by atoms with van der Waals surface area (Å²) in [5.74, 6) is 0.667. The summed E-state index contributed by atoms with van der Waals surface area (Å²) in [7, 11) is 0. The van der Waals surface area contributed by atoms with E-state index in [9.17, 15) is 4.39 Å². The molecule has 1 N–H and O–H groups in total. The van der Waals surface area contributed by atoms with E-state index in [0.717, 1.165) is 11.5 Å². The molecule has 96 valence electrons. The molecular formula is C14H18FN3. The summed E-state index contributed by atoms with van der Waals surface area (Å²) in [4.78, 5) is 4.18. The zero-order chi connectivity index (χ0) is 13.1. The first-order valence-corrected chi connectivity index (χ1v) is 6.10. The Morgan fingerprint density at radius 2 is 2.17 bits per heavy atom. The molecule has 18 heavy (non-hydrogen) atoms. The predicted molar refractivity (Wildman–Crippen MR) is 70.2 cm³/mol. The van der Waals surface area contributed by atoms with Gasteiger partial charge in [0.1, 0.15) is 11.6 Å². The van der Waals surface area contributed by atoms with E-state index < -0.39 is 0 Å². The summed E-state index contributed by atoms with van der Waals surface area (Å²) < 4.78 is 15.9. The molecule has 0 spiro atoms. The van der Waals surface area contributed by atoms with Crippen molar-refractivity contribution < 1.29 is 4.39 Å². The van der Waals surface area contributed by atoms with Crippen LogP contribution in [0.4, 0.5) is 4.39 Å². The van der Waals surface area contributed by atoms with Crippen LogP contribution >= 0.6 is 0 Å². The van der Waals surface area contributed by atoms with Crippen LogP contribution in [0.25, 0.3) is 5.69 Å². The third-order valence-corrected chi connectivity index (χ3v) is 2.87. The van der Waals surface area contributed by atoms with Crippen LogP contribution < -0.4 is 5.32 Å². The zero-order valence-corrected chi connectivity index (χ0v) is 10.9. The first-order chi connectivity index (χ1) is 8.59. The van der Waals surface area contributed by atoms with Crippen LogP contribution in [0.1, 0.15) is 25.2 Å². The fourth-order valence-corrected chi connectivity index (χ4v) is 1.89. The van der Waals surface area contributed by atoms with Crippen molar-refractivity contribution in [3.05, 3.63) is 47.8 Å². The minimum Gasteiger partial charge on any atom is -0.310 e. The molecule has 1 aromatic heterocycles. The van der Waals surface area contributed by atoms with Gasteiger partial charge in [-0.05, 0) is 19.1 Å². The first kappa shape index (κ1) is 12.8. The molecule has 0 amide bonds. The number of aryl methyl sites for hydroxylation is 1. The Hall–Kier alpha value is -1.68. The molecule has 0 aliphatic carbocycles. The van der Waals surface area contributed by atoms with Crippen molar-refractivity contribution in [1.29, 1.82) is 0 Å². The lowest BCUT2D eigenvalue weighted by atomic mass is 10.1. The Morgan fingerprint density at radius 3 is 2.78 bits per heavy atom. The Kier molecular flexibility index (Phi) is 3.77. The molecule has 0 aliphatic heterocycles. The summed E-state index contributed by atoms with van der Waals surface area (Å²) in [5.41, 5.74) is 1.52. The Bertz CT molecular complexity index is 532. The summed E-state index contributed by atoms with van der Waals surface area (Å²) >= 11 is 0. The van der Waals surface area contributed by atoms with Gasteiger partial charge in [0.2, 0.25) is 0 Å². The van der Waals surface area contributed by atoms with Gasteiger partial charge in [0.25, 0.3) is 0 Å². The number of benzene rings is 1. The molecule has 0 radical (unpaired) electrons. The Balaban J connectivity index is 2.41. The molecule has 0 saturated heterocycles. The van der Waals surface area contributed by atoms with Crippen molar-refractivity contribution in [2.45, 2.75) is 33.4 Å². The van der Waals surface area contributed by atoms with Crippen molar-refractivity contribution in [1.82, 2.24) is 14.9 Å². The van der Waals surface area contributed by atoms with Gasteiger partial charge in [0.05, 0.1) is 5.69 Å². The van der Waals surface area contributed by atoms with Crippen molar-refractivity contribution in [3.8, 4) is 5.69 Å². The first-order valence-electron chi connectivity index (χ1n) is 6.10. The molecular weight excluding hydrogens is 229 g/mol. The van der Waals surface area contributed by atoms with E-state index in [4.69, 9.17) is 0 Å². The maximum absolute atomic E-state index is 14.0. The monoisotopic (exact) mass is 247 g/mol. The number of imidazole rings is 1. The number of rotatable bonds is 4. The van der Waals surface area contributed by atoms with Gasteiger partial charge in [0, 0.05) is 30.5 Å². The minimum absolute atomic E-state index is 0.186. The minimum atomic E-state index is -0.186. The van der Waals surface area contributed by atoms with Crippen LogP contribution in [0.15, 0.2) is 30.6 Å². The highest BCUT2D eigenvalue weighted by molar-refractivity contribution is 5.42. The van der Waals surface area contributed by atoms with Gasteiger partial charge in [-0.2, -0.15) is 0 Å². The van der Waals surface area contributed by atoms with Gasteiger partial charge in [-0.1, -0.05) is 19.9 Å². The van der Waals surface area contributed by atoms with Crippen LogP contribution in [0.5, 0.6) is 0 Å². The van der Waals surface area contributed by atoms with Crippen LogP contribution in [-0.4, -0.2) is 15.6 Å². The van der Waals surface area contributed by atoms with Gasteiger partial charge in [-0.3, -0.25) is 0 Å². The summed E-state index contributed by atoms with van der Waals surface area (Å²) in [5, 5.41) is 3.25. The lowest BCUT2D eigenvalue weighted by Crippen LogP contribution is -2.23. The van der Waals surface area contributed by atoms with E-state index in [1.165, 1.54) is 6.07 Å². The molecule has 0 atom stereocenters. The maximum Gasteiger partial charge on any atom is 0.129 e. The molecule has 2 aromatic rings. The second-order valence-corrected chi connectivity index (χ2v) is 4.62.